The topological polar surface area (TPSA) is 24.7 Å². The molecule has 0 unspecified atom stereocenters. The summed E-state index contributed by atoms with van der Waals surface area (Å²) in [4.78, 5) is 1.22. The summed E-state index contributed by atoms with van der Waals surface area (Å²) in [6, 6.07) is 12.4. The lowest BCUT2D eigenvalue weighted by Gasteiger charge is -2.02. The largest absolute Gasteiger partial charge is 0.157 e. The third-order valence-electron chi connectivity index (χ3n) is 2.60. The number of benzene rings is 1. The normalized spacial score (nSPS) is 14.1. The Morgan fingerprint density at radius 3 is 2.81 bits per heavy atom. The second-order valence-corrected chi connectivity index (χ2v) is 4.59. The molecule has 1 aliphatic rings. The molecule has 0 aliphatic carbocycles. The Morgan fingerprint density at radius 1 is 1.06 bits per heavy atom. The maximum Gasteiger partial charge on any atom is 0.0746 e. The summed E-state index contributed by atoms with van der Waals surface area (Å²) in [6.07, 6.45) is 2.71. The molecule has 2 nitrogen and oxygen atoms in total. The highest BCUT2D eigenvalue weighted by Crippen LogP contribution is 2.19. The minimum Gasteiger partial charge on any atom is -0.157 e. The SMILES string of the molecule is C1=NN=C(c2ccccc2)Cc2ccsc21. The second kappa shape index (κ2) is 4.02. The monoisotopic (exact) mass is 226 g/mol. The summed E-state index contributed by atoms with van der Waals surface area (Å²) in [5.41, 5.74) is 3.50. The van der Waals surface area contributed by atoms with E-state index in [4.69, 9.17) is 0 Å². The first-order chi connectivity index (χ1) is 7.93. The molecule has 16 heavy (non-hydrogen) atoms. The average Bonchev–Trinajstić information content (AvgIpc) is 2.68. The van der Waals surface area contributed by atoms with Gasteiger partial charge in [-0.3, -0.25) is 0 Å². The number of nitrogens with zero attached hydrogens (tertiary/aromatic N) is 2. The molecule has 2 aromatic rings. The number of thiophene rings is 1. The van der Waals surface area contributed by atoms with Crippen LogP contribution < -0.4 is 0 Å². The second-order valence-electron chi connectivity index (χ2n) is 3.64. The summed E-state index contributed by atoms with van der Waals surface area (Å²) in [6.45, 7) is 0. The first-order valence-electron chi connectivity index (χ1n) is 5.15. The predicted octanol–water partition coefficient (Wildman–Crippen LogP) is 3.13. The van der Waals surface area contributed by atoms with Gasteiger partial charge < -0.3 is 0 Å². The Kier molecular flexibility index (Phi) is 2.38. The molecule has 1 aromatic heterocycles. The predicted molar refractivity (Wildman–Crippen MR) is 68.6 cm³/mol. The Morgan fingerprint density at radius 2 is 1.94 bits per heavy atom. The van der Waals surface area contributed by atoms with Crippen LogP contribution in [0.2, 0.25) is 0 Å². The summed E-state index contributed by atoms with van der Waals surface area (Å²) in [5, 5.41) is 10.5. The maximum absolute atomic E-state index is 4.27. The molecule has 0 spiro atoms. The van der Waals surface area contributed by atoms with Crippen molar-refractivity contribution in [3.63, 3.8) is 0 Å². The molecule has 1 aromatic carbocycles. The van der Waals surface area contributed by atoms with E-state index in [0.717, 1.165) is 17.7 Å². The van der Waals surface area contributed by atoms with Crippen LogP contribution in [-0.4, -0.2) is 11.9 Å². The van der Waals surface area contributed by atoms with Crippen molar-refractivity contribution in [1.29, 1.82) is 0 Å². The van der Waals surface area contributed by atoms with Crippen molar-refractivity contribution in [1.82, 2.24) is 0 Å². The molecule has 0 saturated carbocycles. The van der Waals surface area contributed by atoms with Crippen LogP contribution in [0.25, 0.3) is 0 Å². The summed E-state index contributed by atoms with van der Waals surface area (Å²) in [7, 11) is 0. The van der Waals surface area contributed by atoms with Crippen LogP contribution in [0.4, 0.5) is 0 Å². The summed E-state index contributed by atoms with van der Waals surface area (Å²) >= 11 is 1.71. The van der Waals surface area contributed by atoms with E-state index in [0.29, 0.717) is 0 Å². The van der Waals surface area contributed by atoms with E-state index >= 15 is 0 Å². The van der Waals surface area contributed by atoms with E-state index in [-0.39, 0.29) is 0 Å². The fraction of sp³-hybridized carbons (Fsp3) is 0.0769. The van der Waals surface area contributed by atoms with E-state index in [2.05, 4.69) is 33.8 Å². The number of fused-ring (bicyclic) bond motifs is 1. The molecule has 0 fully saturated rings. The Bertz CT molecular complexity index is 552. The van der Waals surface area contributed by atoms with Gasteiger partial charge >= 0.3 is 0 Å². The van der Waals surface area contributed by atoms with E-state index in [1.54, 1.807) is 11.3 Å². The summed E-state index contributed by atoms with van der Waals surface area (Å²) < 4.78 is 0. The van der Waals surface area contributed by atoms with Gasteiger partial charge in [0.15, 0.2) is 0 Å². The fourth-order valence-electron chi connectivity index (χ4n) is 1.76. The van der Waals surface area contributed by atoms with Crippen LogP contribution in [0.3, 0.4) is 0 Å². The van der Waals surface area contributed by atoms with Crippen molar-refractivity contribution in [3.05, 3.63) is 57.8 Å². The van der Waals surface area contributed by atoms with Gasteiger partial charge in [-0.1, -0.05) is 30.3 Å². The van der Waals surface area contributed by atoms with Crippen LogP contribution in [0, 0.1) is 0 Å². The van der Waals surface area contributed by atoms with Gasteiger partial charge in [0.2, 0.25) is 0 Å². The zero-order chi connectivity index (χ0) is 10.8. The van der Waals surface area contributed by atoms with Crippen molar-refractivity contribution < 1.29 is 0 Å². The molecule has 0 N–H and O–H groups in total. The molecule has 78 valence electrons. The third kappa shape index (κ3) is 1.70. The van der Waals surface area contributed by atoms with Crippen molar-refractivity contribution in [3.8, 4) is 0 Å². The van der Waals surface area contributed by atoms with Crippen LogP contribution in [0.5, 0.6) is 0 Å². The molecule has 0 amide bonds. The minimum atomic E-state index is 0.864. The highest BCUT2D eigenvalue weighted by Gasteiger charge is 2.11. The van der Waals surface area contributed by atoms with E-state index < -0.39 is 0 Å². The molecular formula is C13H10N2S. The van der Waals surface area contributed by atoms with Crippen molar-refractivity contribution in [2.24, 2.45) is 10.2 Å². The molecule has 1 aliphatic heterocycles. The number of hydrogen-bond donors (Lipinski definition) is 0. The Balaban J connectivity index is 2.01. The molecule has 0 bridgehead atoms. The van der Waals surface area contributed by atoms with Crippen molar-refractivity contribution >= 4 is 23.3 Å². The Labute approximate surface area is 98.0 Å². The van der Waals surface area contributed by atoms with Gasteiger partial charge in [0.05, 0.1) is 16.8 Å². The smallest absolute Gasteiger partial charge is 0.0746 e. The molecule has 0 atom stereocenters. The maximum atomic E-state index is 4.27. The molecule has 0 saturated heterocycles. The zero-order valence-corrected chi connectivity index (χ0v) is 9.45. The first-order valence-corrected chi connectivity index (χ1v) is 6.03. The summed E-state index contributed by atoms with van der Waals surface area (Å²) in [5.74, 6) is 0. The van der Waals surface area contributed by atoms with Crippen molar-refractivity contribution in [2.75, 3.05) is 0 Å². The van der Waals surface area contributed by atoms with E-state index in [9.17, 15) is 0 Å². The van der Waals surface area contributed by atoms with E-state index in [1.807, 2.05) is 24.4 Å². The van der Waals surface area contributed by atoms with Gasteiger partial charge in [0.1, 0.15) is 0 Å². The van der Waals surface area contributed by atoms with Crippen LogP contribution in [0.15, 0.2) is 52.0 Å². The lowest BCUT2D eigenvalue weighted by molar-refractivity contribution is 1.22. The minimum absolute atomic E-state index is 0.864. The van der Waals surface area contributed by atoms with E-state index in [1.165, 1.54) is 10.4 Å². The lowest BCUT2D eigenvalue weighted by Crippen LogP contribution is -2.03. The molecule has 3 heteroatoms. The molecule has 2 heterocycles. The van der Waals surface area contributed by atoms with Gasteiger partial charge in [-0.15, -0.1) is 11.3 Å². The van der Waals surface area contributed by atoms with Crippen LogP contribution in [-0.2, 0) is 6.42 Å². The van der Waals surface area contributed by atoms with Gasteiger partial charge in [-0.05, 0) is 22.6 Å². The highest BCUT2D eigenvalue weighted by atomic mass is 32.1. The molecule has 3 rings (SSSR count). The molecule has 0 radical (unpaired) electrons. The standard InChI is InChI=1S/C13H10N2S/c1-2-4-10(5-3-1)12-8-11-6-7-16-13(11)9-14-15-12/h1-7,9H,8H2. The van der Waals surface area contributed by atoms with Crippen LogP contribution in [0.1, 0.15) is 16.0 Å². The lowest BCUT2D eigenvalue weighted by atomic mass is 10.0. The quantitative estimate of drug-likeness (QED) is 0.713. The van der Waals surface area contributed by atoms with Crippen LogP contribution >= 0.6 is 11.3 Å². The van der Waals surface area contributed by atoms with Gasteiger partial charge in [0.25, 0.3) is 0 Å². The third-order valence-corrected chi connectivity index (χ3v) is 3.49. The molecular weight excluding hydrogens is 216 g/mol. The average molecular weight is 226 g/mol. The number of hydrogen-bond acceptors (Lipinski definition) is 3. The van der Waals surface area contributed by atoms with Gasteiger partial charge in [-0.25, -0.2) is 0 Å². The fourth-order valence-corrected chi connectivity index (χ4v) is 2.54. The zero-order valence-electron chi connectivity index (χ0n) is 8.63. The van der Waals surface area contributed by atoms with Gasteiger partial charge in [0, 0.05) is 6.42 Å². The van der Waals surface area contributed by atoms with Crippen molar-refractivity contribution in [2.45, 2.75) is 6.42 Å². The first kappa shape index (κ1) is 9.48. The number of rotatable bonds is 1. The van der Waals surface area contributed by atoms with Gasteiger partial charge in [-0.2, -0.15) is 10.2 Å². The highest BCUT2D eigenvalue weighted by molar-refractivity contribution is 7.11. The Hall–Kier alpha value is -1.74.